The highest BCUT2D eigenvalue weighted by Crippen LogP contribution is 2.43. The SMILES string of the molecule is C=CC(=O)N1CCN2c3nc(=O)n(-c4nccnc4C(C)C)c4nc(-c5c(O)cccc5F)c(F)c(c34)OC[C@H]2C1. The van der Waals surface area contributed by atoms with E-state index >= 15 is 8.78 Å². The fraction of sp³-hybridized carbons (Fsp3) is 0.286. The number of halogens is 2. The number of aromatic nitrogens is 5. The normalized spacial score (nSPS) is 16.4. The minimum atomic E-state index is -1.03. The summed E-state index contributed by atoms with van der Waals surface area (Å²) < 4.78 is 38.5. The van der Waals surface area contributed by atoms with Gasteiger partial charge in [-0.25, -0.2) is 28.1 Å². The van der Waals surface area contributed by atoms with E-state index in [1.165, 1.54) is 30.6 Å². The third-order valence-corrected chi connectivity index (χ3v) is 7.26. The molecular weight excluding hydrogens is 536 g/mol. The van der Waals surface area contributed by atoms with Gasteiger partial charge in [0.25, 0.3) is 0 Å². The molecular formula is C28H25F2N7O4. The van der Waals surface area contributed by atoms with Crippen LogP contribution >= 0.6 is 0 Å². The Hall–Kier alpha value is -4.94. The molecule has 6 rings (SSSR count). The summed E-state index contributed by atoms with van der Waals surface area (Å²) in [6.45, 7) is 8.00. The lowest BCUT2D eigenvalue weighted by Gasteiger charge is -2.40. The molecule has 11 nitrogen and oxygen atoms in total. The summed E-state index contributed by atoms with van der Waals surface area (Å²) in [6, 6.07) is 3.06. The molecule has 5 heterocycles. The average molecular weight is 562 g/mol. The van der Waals surface area contributed by atoms with E-state index in [1.807, 2.05) is 13.8 Å². The second kappa shape index (κ2) is 9.91. The lowest BCUT2D eigenvalue weighted by Crippen LogP contribution is -2.56. The van der Waals surface area contributed by atoms with E-state index in [1.54, 1.807) is 9.80 Å². The van der Waals surface area contributed by atoms with Gasteiger partial charge in [-0.05, 0) is 24.1 Å². The number of anilines is 1. The number of nitrogens with zero attached hydrogens (tertiary/aromatic N) is 7. The molecule has 0 spiro atoms. The van der Waals surface area contributed by atoms with E-state index < -0.39 is 40.4 Å². The third kappa shape index (κ3) is 4.15. The molecule has 0 radical (unpaired) electrons. The van der Waals surface area contributed by atoms with Gasteiger partial charge in [0.15, 0.2) is 23.0 Å². The van der Waals surface area contributed by atoms with Gasteiger partial charge >= 0.3 is 5.69 Å². The maximum Gasteiger partial charge on any atom is 0.357 e. The molecule has 41 heavy (non-hydrogen) atoms. The number of amides is 1. The van der Waals surface area contributed by atoms with Crippen molar-refractivity contribution in [1.82, 2.24) is 29.4 Å². The van der Waals surface area contributed by atoms with Crippen molar-refractivity contribution in [3.63, 3.8) is 0 Å². The summed E-state index contributed by atoms with van der Waals surface area (Å²) in [5.74, 6) is -2.99. The van der Waals surface area contributed by atoms with Crippen LogP contribution < -0.4 is 15.3 Å². The van der Waals surface area contributed by atoms with Crippen LogP contribution in [-0.2, 0) is 4.79 Å². The first-order chi connectivity index (χ1) is 19.7. The first kappa shape index (κ1) is 26.3. The van der Waals surface area contributed by atoms with Crippen LogP contribution in [0.4, 0.5) is 14.6 Å². The Bertz CT molecular complexity index is 1770. The zero-order valence-corrected chi connectivity index (χ0v) is 22.2. The van der Waals surface area contributed by atoms with Gasteiger partial charge in [0.2, 0.25) is 5.91 Å². The van der Waals surface area contributed by atoms with Gasteiger partial charge in [-0.15, -0.1) is 0 Å². The molecule has 1 aromatic carbocycles. The highest BCUT2D eigenvalue weighted by Gasteiger charge is 2.38. The summed E-state index contributed by atoms with van der Waals surface area (Å²) >= 11 is 0. The topological polar surface area (TPSA) is 127 Å². The predicted octanol–water partition coefficient (Wildman–Crippen LogP) is 2.94. The molecule has 0 bridgehead atoms. The standard InChI is InChI=1S/C28H25F2N7O4/c1-4-18(39)35-10-11-36-15(12-35)13-41-24-20-25(36)34-28(40)37(27-22(14(2)3)31-8-9-32-27)26(20)33-23(21(24)30)19-16(29)6-5-7-17(19)38/h4-9,14-15,38H,1,10-13H2,2-3H3/t15-/m1/s1. The zero-order valence-electron chi connectivity index (χ0n) is 22.2. The average Bonchev–Trinajstić information content (AvgIpc) is 3.12. The van der Waals surface area contributed by atoms with Crippen LogP contribution in [0.1, 0.15) is 25.5 Å². The molecule has 1 atom stereocenters. The molecule has 0 saturated carbocycles. The van der Waals surface area contributed by atoms with Gasteiger partial charge in [-0.1, -0.05) is 26.5 Å². The van der Waals surface area contributed by atoms with E-state index in [4.69, 9.17) is 4.74 Å². The van der Waals surface area contributed by atoms with Crippen LogP contribution in [-0.4, -0.2) is 72.7 Å². The summed E-state index contributed by atoms with van der Waals surface area (Å²) in [5, 5.41) is 10.6. The number of carbonyl (C=O) groups is 1. The minimum Gasteiger partial charge on any atom is -0.507 e. The van der Waals surface area contributed by atoms with Crippen LogP contribution in [0.3, 0.4) is 0 Å². The van der Waals surface area contributed by atoms with E-state index in [0.29, 0.717) is 12.2 Å². The lowest BCUT2D eigenvalue weighted by molar-refractivity contribution is -0.126. The predicted molar refractivity (Wildman–Crippen MR) is 145 cm³/mol. The molecule has 1 amide bonds. The Kier molecular flexibility index (Phi) is 6.36. The molecule has 0 aliphatic carbocycles. The van der Waals surface area contributed by atoms with E-state index in [-0.39, 0.29) is 59.9 Å². The van der Waals surface area contributed by atoms with Gasteiger partial charge in [-0.2, -0.15) is 4.98 Å². The van der Waals surface area contributed by atoms with Crippen LogP contribution in [0.15, 0.2) is 48.0 Å². The molecule has 2 aliphatic rings. The molecule has 1 fully saturated rings. The number of benzene rings is 1. The van der Waals surface area contributed by atoms with Gasteiger partial charge in [0.05, 0.1) is 17.3 Å². The molecule has 3 aromatic heterocycles. The van der Waals surface area contributed by atoms with E-state index in [0.717, 1.165) is 10.6 Å². The van der Waals surface area contributed by atoms with Crippen LogP contribution in [0.5, 0.6) is 11.5 Å². The summed E-state index contributed by atoms with van der Waals surface area (Å²) in [5.41, 5.74) is -1.45. The Labute approximate surface area is 232 Å². The zero-order chi connectivity index (χ0) is 29.0. The van der Waals surface area contributed by atoms with Crippen molar-refractivity contribution >= 4 is 22.8 Å². The van der Waals surface area contributed by atoms with Crippen molar-refractivity contribution in [2.45, 2.75) is 25.8 Å². The number of phenolic OH excluding ortho intramolecular Hbond substituents is 1. The van der Waals surface area contributed by atoms with Crippen LogP contribution in [0.2, 0.25) is 0 Å². The number of phenols is 1. The van der Waals surface area contributed by atoms with Gasteiger partial charge < -0.3 is 19.6 Å². The molecule has 4 aromatic rings. The van der Waals surface area contributed by atoms with Gasteiger partial charge in [0, 0.05) is 32.0 Å². The maximum absolute atomic E-state index is 16.3. The summed E-state index contributed by atoms with van der Waals surface area (Å²) in [6.07, 6.45) is 4.10. The van der Waals surface area contributed by atoms with E-state index in [2.05, 4.69) is 26.5 Å². The van der Waals surface area contributed by atoms with E-state index in [9.17, 15) is 14.7 Å². The molecule has 1 N–H and O–H groups in total. The Morgan fingerprint density at radius 2 is 1.95 bits per heavy atom. The van der Waals surface area contributed by atoms with Crippen molar-refractivity contribution < 1.29 is 23.4 Å². The lowest BCUT2D eigenvalue weighted by atomic mass is 10.1. The second-order valence-corrected chi connectivity index (χ2v) is 10.1. The van der Waals surface area contributed by atoms with Crippen molar-refractivity contribution in [1.29, 1.82) is 0 Å². The highest BCUT2D eigenvalue weighted by molar-refractivity contribution is 5.97. The van der Waals surface area contributed by atoms with Crippen molar-refractivity contribution in [2.24, 2.45) is 0 Å². The van der Waals surface area contributed by atoms with Crippen LogP contribution in [0, 0.1) is 11.6 Å². The summed E-state index contributed by atoms with van der Waals surface area (Å²) in [7, 11) is 0. The Morgan fingerprint density at radius 3 is 2.68 bits per heavy atom. The number of ether oxygens (including phenoxy) is 1. The molecule has 13 heteroatoms. The number of fused-ring (bicyclic) bond motifs is 2. The first-order valence-corrected chi connectivity index (χ1v) is 13.0. The monoisotopic (exact) mass is 561 g/mol. The van der Waals surface area contributed by atoms with Crippen LogP contribution in [0.25, 0.3) is 28.1 Å². The molecule has 0 unspecified atom stereocenters. The fourth-order valence-electron chi connectivity index (χ4n) is 5.33. The first-order valence-electron chi connectivity index (χ1n) is 13.0. The second-order valence-electron chi connectivity index (χ2n) is 10.1. The number of piperazine rings is 1. The quantitative estimate of drug-likeness (QED) is 0.374. The van der Waals surface area contributed by atoms with Gasteiger partial charge in [-0.3, -0.25) is 9.78 Å². The Balaban J connectivity index is 1.69. The number of rotatable bonds is 4. The van der Waals surface area contributed by atoms with Crippen molar-refractivity contribution in [2.75, 3.05) is 31.1 Å². The molecule has 210 valence electrons. The number of hydrogen-bond donors (Lipinski definition) is 1. The third-order valence-electron chi connectivity index (χ3n) is 7.26. The molecule has 1 saturated heterocycles. The Morgan fingerprint density at radius 1 is 1.17 bits per heavy atom. The number of hydrogen-bond acceptors (Lipinski definition) is 9. The maximum atomic E-state index is 16.3. The smallest absolute Gasteiger partial charge is 0.357 e. The largest absolute Gasteiger partial charge is 0.507 e. The fourth-order valence-corrected chi connectivity index (χ4v) is 5.33. The number of pyridine rings is 1. The minimum absolute atomic E-state index is 0.0768. The number of aromatic hydroxyl groups is 1. The van der Waals surface area contributed by atoms with Crippen molar-refractivity contribution in [3.8, 4) is 28.6 Å². The molecule has 2 aliphatic heterocycles. The summed E-state index contributed by atoms with van der Waals surface area (Å²) in [4.78, 5) is 47.0. The van der Waals surface area contributed by atoms with Gasteiger partial charge in [0.1, 0.15) is 35.1 Å². The number of carbonyl (C=O) groups excluding carboxylic acids is 1. The van der Waals surface area contributed by atoms with Crippen molar-refractivity contribution in [3.05, 3.63) is 71.1 Å². The highest BCUT2D eigenvalue weighted by atomic mass is 19.1.